The molecule has 0 spiro atoms. The molecule has 0 aromatic carbocycles. The summed E-state index contributed by atoms with van der Waals surface area (Å²) in [4.78, 5) is 4.00. The number of halogens is 1. The van der Waals surface area contributed by atoms with Gasteiger partial charge in [0.05, 0.1) is 5.02 Å². The van der Waals surface area contributed by atoms with Crippen molar-refractivity contribution in [1.82, 2.24) is 4.98 Å². The van der Waals surface area contributed by atoms with Crippen molar-refractivity contribution in [3.63, 3.8) is 0 Å². The molecule has 2 nitrogen and oxygen atoms in total. The second kappa shape index (κ2) is 2.89. The highest BCUT2D eigenvalue weighted by Crippen LogP contribution is 2.16. The van der Waals surface area contributed by atoms with E-state index in [1.165, 1.54) is 0 Å². The van der Waals surface area contributed by atoms with Crippen molar-refractivity contribution in [3.05, 3.63) is 28.0 Å². The highest BCUT2D eigenvalue weighted by molar-refractivity contribution is 6.31. The zero-order valence-electron chi connectivity index (χ0n) is 6.35. The van der Waals surface area contributed by atoms with E-state index in [0.717, 1.165) is 11.3 Å². The topological polar surface area (TPSA) is 36.7 Å². The van der Waals surface area contributed by atoms with Crippen LogP contribution in [0.1, 0.15) is 17.0 Å². The van der Waals surface area contributed by atoms with Gasteiger partial charge in [0.25, 0.3) is 0 Å². The van der Waals surface area contributed by atoms with Crippen LogP contribution >= 0.6 is 11.6 Å². The van der Waals surface area contributed by atoms with E-state index in [0.29, 0.717) is 10.7 Å². The van der Waals surface area contributed by atoms with Crippen LogP contribution in [0.4, 0.5) is 0 Å². The number of nitrogens with zero attached hydrogens (tertiary/aromatic N) is 2. The Morgan fingerprint density at radius 2 is 2.18 bits per heavy atom. The molecule has 0 N–H and O–H groups in total. The van der Waals surface area contributed by atoms with Crippen LogP contribution in [0.25, 0.3) is 0 Å². The van der Waals surface area contributed by atoms with E-state index in [9.17, 15) is 0 Å². The second-order valence-electron chi connectivity index (χ2n) is 2.33. The number of rotatable bonds is 0. The fraction of sp³-hybridized carbons (Fsp3) is 0.250. The molecule has 0 aliphatic carbocycles. The normalized spacial score (nSPS) is 9.27. The van der Waals surface area contributed by atoms with E-state index in [1.54, 1.807) is 6.07 Å². The second-order valence-corrected chi connectivity index (χ2v) is 2.74. The quantitative estimate of drug-likeness (QED) is 0.593. The lowest BCUT2D eigenvalue weighted by atomic mass is 10.2. The summed E-state index contributed by atoms with van der Waals surface area (Å²) in [5, 5.41) is 8.96. The van der Waals surface area contributed by atoms with Crippen molar-refractivity contribution in [2.75, 3.05) is 0 Å². The van der Waals surface area contributed by atoms with E-state index in [2.05, 4.69) is 4.98 Å². The van der Waals surface area contributed by atoms with Crippen LogP contribution in [-0.4, -0.2) is 4.98 Å². The van der Waals surface area contributed by atoms with Crippen LogP contribution in [0.2, 0.25) is 5.02 Å². The first-order valence-corrected chi connectivity index (χ1v) is 3.57. The van der Waals surface area contributed by atoms with Gasteiger partial charge in [-0.1, -0.05) is 11.6 Å². The average molecular weight is 167 g/mol. The molecule has 56 valence electrons. The Labute approximate surface area is 70.4 Å². The molecule has 0 amide bonds. The number of aryl methyl sites for hydroxylation is 2. The molecule has 0 unspecified atom stereocenters. The van der Waals surface area contributed by atoms with E-state index in [-0.39, 0.29) is 0 Å². The van der Waals surface area contributed by atoms with Gasteiger partial charge in [0.1, 0.15) is 6.07 Å². The molecule has 0 saturated heterocycles. The predicted molar refractivity (Wildman–Crippen MR) is 43.4 cm³/mol. The lowest BCUT2D eigenvalue weighted by Gasteiger charge is -1.99. The first-order chi connectivity index (χ1) is 5.15. The average Bonchev–Trinajstić information content (AvgIpc) is 1.97. The van der Waals surface area contributed by atoms with Crippen molar-refractivity contribution < 1.29 is 0 Å². The summed E-state index contributed by atoms with van der Waals surface area (Å²) in [5.41, 5.74) is 2.16. The number of aromatic nitrogens is 1. The molecule has 0 radical (unpaired) electrons. The maximum absolute atomic E-state index is 8.54. The number of hydrogen-bond donors (Lipinski definition) is 0. The molecule has 11 heavy (non-hydrogen) atoms. The van der Waals surface area contributed by atoms with Crippen LogP contribution in [0.3, 0.4) is 0 Å². The highest BCUT2D eigenvalue weighted by Gasteiger charge is 2.02. The first kappa shape index (κ1) is 8.03. The number of pyridine rings is 1. The minimum absolute atomic E-state index is 0.301. The molecule has 0 aliphatic rings. The molecule has 0 atom stereocenters. The van der Waals surface area contributed by atoms with Crippen molar-refractivity contribution >= 4 is 11.6 Å². The Balaban J connectivity index is 3.35. The third-order valence-corrected chi connectivity index (χ3v) is 1.81. The Hall–Kier alpha value is -1.07. The minimum atomic E-state index is 0.301. The van der Waals surface area contributed by atoms with Crippen molar-refractivity contribution in [3.8, 4) is 6.07 Å². The minimum Gasteiger partial charge on any atom is -0.241 e. The monoisotopic (exact) mass is 166 g/mol. The van der Waals surface area contributed by atoms with Gasteiger partial charge in [0, 0.05) is 5.69 Å². The van der Waals surface area contributed by atoms with Crippen molar-refractivity contribution in [2.24, 2.45) is 0 Å². The van der Waals surface area contributed by atoms with Crippen molar-refractivity contribution in [1.29, 1.82) is 5.26 Å². The number of hydrogen-bond acceptors (Lipinski definition) is 2. The predicted octanol–water partition coefficient (Wildman–Crippen LogP) is 2.22. The lowest BCUT2D eigenvalue weighted by molar-refractivity contribution is 1.12. The van der Waals surface area contributed by atoms with Crippen LogP contribution in [0, 0.1) is 25.2 Å². The molecule has 0 fully saturated rings. The fourth-order valence-electron chi connectivity index (χ4n) is 0.751. The Morgan fingerprint density at radius 3 is 2.73 bits per heavy atom. The van der Waals surface area contributed by atoms with Gasteiger partial charge in [-0.25, -0.2) is 4.98 Å². The first-order valence-electron chi connectivity index (χ1n) is 3.19. The van der Waals surface area contributed by atoms with Gasteiger partial charge >= 0.3 is 0 Å². The summed E-state index contributed by atoms with van der Waals surface area (Å²) in [6.07, 6.45) is 0. The Kier molecular flexibility index (Phi) is 2.11. The fourth-order valence-corrected chi connectivity index (χ4v) is 0.999. The molecule has 0 bridgehead atoms. The summed E-state index contributed by atoms with van der Waals surface area (Å²) in [6, 6.07) is 3.67. The van der Waals surface area contributed by atoms with Crippen LogP contribution in [0.5, 0.6) is 0 Å². The highest BCUT2D eigenvalue weighted by atomic mass is 35.5. The molecule has 0 aliphatic heterocycles. The summed E-state index contributed by atoms with van der Waals surface area (Å²) in [6.45, 7) is 3.77. The largest absolute Gasteiger partial charge is 0.241 e. The summed E-state index contributed by atoms with van der Waals surface area (Å²) in [5.74, 6) is 0. The van der Waals surface area contributed by atoms with E-state index in [4.69, 9.17) is 16.9 Å². The zero-order valence-corrected chi connectivity index (χ0v) is 7.11. The van der Waals surface area contributed by atoms with Gasteiger partial charge in [0.2, 0.25) is 0 Å². The SMILES string of the molecule is Cc1cc(Cl)c(C#N)nc1C. The Morgan fingerprint density at radius 1 is 1.55 bits per heavy atom. The van der Waals surface area contributed by atoms with Crippen LogP contribution < -0.4 is 0 Å². The van der Waals surface area contributed by atoms with E-state index < -0.39 is 0 Å². The van der Waals surface area contributed by atoms with Crippen LogP contribution in [0.15, 0.2) is 6.07 Å². The summed E-state index contributed by atoms with van der Waals surface area (Å²) < 4.78 is 0. The lowest BCUT2D eigenvalue weighted by Crippen LogP contribution is -1.91. The molecule has 3 heteroatoms. The van der Waals surface area contributed by atoms with Gasteiger partial charge in [-0.3, -0.25) is 0 Å². The molecular formula is C8H7ClN2. The zero-order chi connectivity index (χ0) is 8.43. The van der Waals surface area contributed by atoms with Gasteiger partial charge < -0.3 is 0 Å². The molecule has 1 aromatic heterocycles. The molecular weight excluding hydrogens is 160 g/mol. The third kappa shape index (κ3) is 1.50. The molecule has 1 aromatic rings. The standard InChI is InChI=1S/C8H7ClN2/c1-5-3-7(9)8(4-10)11-6(5)2/h3H,1-2H3. The maximum atomic E-state index is 8.54. The Bertz CT molecular complexity index is 326. The molecule has 0 saturated carbocycles. The van der Waals surface area contributed by atoms with Gasteiger partial charge in [0.15, 0.2) is 5.69 Å². The summed E-state index contributed by atoms with van der Waals surface area (Å²) >= 11 is 5.72. The smallest absolute Gasteiger partial charge is 0.159 e. The molecule has 1 rings (SSSR count). The third-order valence-electron chi connectivity index (χ3n) is 1.53. The van der Waals surface area contributed by atoms with Gasteiger partial charge in [-0.05, 0) is 25.5 Å². The van der Waals surface area contributed by atoms with E-state index in [1.807, 2.05) is 19.9 Å². The van der Waals surface area contributed by atoms with E-state index >= 15 is 0 Å². The maximum Gasteiger partial charge on any atom is 0.159 e. The number of nitriles is 1. The summed E-state index contributed by atoms with van der Waals surface area (Å²) in [7, 11) is 0. The van der Waals surface area contributed by atoms with Gasteiger partial charge in [-0.2, -0.15) is 5.26 Å². The molecule has 1 heterocycles. The van der Waals surface area contributed by atoms with Gasteiger partial charge in [-0.15, -0.1) is 0 Å². The van der Waals surface area contributed by atoms with Crippen LogP contribution in [-0.2, 0) is 0 Å². The van der Waals surface area contributed by atoms with Crippen molar-refractivity contribution in [2.45, 2.75) is 13.8 Å².